The van der Waals surface area contributed by atoms with Crippen molar-refractivity contribution in [3.05, 3.63) is 35.4 Å². The summed E-state index contributed by atoms with van der Waals surface area (Å²) in [5, 5.41) is 13.3. The number of ether oxygens (including phenoxy) is 3. The van der Waals surface area contributed by atoms with Crippen LogP contribution in [0.1, 0.15) is 30.9 Å². The molecule has 4 aliphatic carbocycles. The monoisotopic (exact) mass is 396 g/mol. The van der Waals surface area contributed by atoms with Gasteiger partial charge < -0.3 is 24.3 Å². The van der Waals surface area contributed by atoms with Crippen LogP contribution in [-0.4, -0.2) is 61.4 Å². The van der Waals surface area contributed by atoms with Crippen LogP contribution in [0, 0.1) is 11.3 Å². The Morgan fingerprint density at radius 1 is 1.31 bits per heavy atom. The summed E-state index contributed by atoms with van der Waals surface area (Å²) in [4.78, 5) is 2.52. The summed E-state index contributed by atoms with van der Waals surface area (Å²) in [6, 6.07) is 4.66. The lowest BCUT2D eigenvalue weighted by atomic mass is 9.37. The highest BCUT2D eigenvalue weighted by Crippen LogP contribution is 2.74. The molecule has 7 rings (SSSR count). The predicted octanol–water partition coefficient (Wildman–Crippen LogP) is 2.77. The maximum atomic E-state index is 9.68. The second kappa shape index (κ2) is 5.35. The van der Waals surface area contributed by atoms with Crippen LogP contribution in [0.3, 0.4) is 0 Å². The summed E-state index contributed by atoms with van der Waals surface area (Å²) in [7, 11) is 5.72. The molecular formula is C23H28N2O4. The van der Waals surface area contributed by atoms with Crippen LogP contribution in [0.15, 0.2) is 29.4 Å². The number of fused-ring (bicyclic) bond motifs is 1. The number of rotatable bonds is 3. The fourth-order valence-electron chi connectivity index (χ4n) is 7.75. The van der Waals surface area contributed by atoms with Crippen molar-refractivity contribution >= 4 is 5.71 Å². The van der Waals surface area contributed by atoms with Gasteiger partial charge in [-0.25, -0.2) is 0 Å². The summed E-state index contributed by atoms with van der Waals surface area (Å²) in [6.07, 6.45) is 7.39. The summed E-state index contributed by atoms with van der Waals surface area (Å²) in [5.41, 5.74) is 2.56. The van der Waals surface area contributed by atoms with Crippen LogP contribution in [0.4, 0.5) is 0 Å². The van der Waals surface area contributed by atoms with Crippen molar-refractivity contribution in [3.8, 4) is 11.5 Å². The van der Waals surface area contributed by atoms with Gasteiger partial charge in [0.1, 0.15) is 11.7 Å². The molecule has 1 saturated carbocycles. The smallest absolute Gasteiger partial charge is 0.166 e. The van der Waals surface area contributed by atoms with Crippen LogP contribution in [-0.2, 0) is 16.6 Å². The third-order valence-corrected chi connectivity index (χ3v) is 8.94. The normalized spacial score (nSPS) is 43.9. The van der Waals surface area contributed by atoms with Gasteiger partial charge in [0.2, 0.25) is 0 Å². The van der Waals surface area contributed by atoms with Crippen molar-refractivity contribution < 1.29 is 19.4 Å². The Labute approximate surface area is 171 Å². The van der Waals surface area contributed by atoms with Gasteiger partial charge in [0, 0.05) is 30.0 Å². The third-order valence-electron chi connectivity index (χ3n) is 8.94. The number of likely N-dealkylation sites (tertiary alicyclic amines) is 1. The molecule has 2 aliphatic heterocycles. The molecule has 6 nitrogen and oxygen atoms in total. The second-order valence-electron chi connectivity index (χ2n) is 9.48. The number of methoxy groups -OCH3 is 2. The average molecular weight is 396 g/mol. The molecule has 1 saturated heterocycles. The second-order valence-corrected chi connectivity index (χ2v) is 9.48. The minimum Gasteiger partial charge on any atom is -0.493 e. The number of hydrogen-bond donors (Lipinski definition) is 1. The van der Waals surface area contributed by atoms with E-state index < -0.39 is 5.60 Å². The van der Waals surface area contributed by atoms with Crippen LogP contribution in [0.5, 0.6) is 11.5 Å². The molecule has 1 aromatic rings. The van der Waals surface area contributed by atoms with Gasteiger partial charge in [-0.1, -0.05) is 23.4 Å². The van der Waals surface area contributed by atoms with Crippen molar-refractivity contribution in [2.45, 2.75) is 49.3 Å². The lowest BCUT2D eigenvalue weighted by Gasteiger charge is -2.71. The Morgan fingerprint density at radius 3 is 2.86 bits per heavy atom. The molecule has 2 fully saturated rings. The Hall–Kier alpha value is -2.05. The molecule has 1 aromatic carbocycles. The van der Waals surface area contributed by atoms with Gasteiger partial charge in [-0.05, 0) is 51.4 Å². The van der Waals surface area contributed by atoms with E-state index in [4.69, 9.17) is 14.2 Å². The van der Waals surface area contributed by atoms with Gasteiger partial charge in [0.15, 0.2) is 11.5 Å². The topological polar surface area (TPSA) is 63.5 Å². The van der Waals surface area contributed by atoms with Crippen molar-refractivity contribution in [3.63, 3.8) is 0 Å². The number of oxime groups is 1. The molecule has 2 heterocycles. The lowest BCUT2D eigenvalue weighted by Crippen LogP contribution is -2.79. The molecule has 6 aliphatic rings. The molecule has 0 amide bonds. The fourth-order valence-corrected chi connectivity index (χ4v) is 7.75. The van der Waals surface area contributed by atoms with Gasteiger partial charge >= 0.3 is 0 Å². The Kier molecular flexibility index (Phi) is 3.28. The van der Waals surface area contributed by atoms with Crippen molar-refractivity contribution in [2.75, 3.05) is 27.8 Å². The van der Waals surface area contributed by atoms with Crippen LogP contribution in [0.2, 0.25) is 0 Å². The van der Waals surface area contributed by atoms with Crippen LogP contribution >= 0.6 is 0 Å². The van der Waals surface area contributed by atoms with Crippen molar-refractivity contribution in [1.82, 2.24) is 4.90 Å². The molecule has 1 N–H and O–H groups in total. The molecular weight excluding hydrogens is 368 g/mol. The maximum absolute atomic E-state index is 9.68. The number of nitrogens with zero attached hydrogens (tertiary/aromatic N) is 2. The molecule has 0 aromatic heterocycles. The Balaban J connectivity index is 1.70. The predicted molar refractivity (Wildman–Crippen MR) is 108 cm³/mol. The Bertz CT molecular complexity index is 974. The number of benzene rings is 1. The first kappa shape index (κ1) is 17.8. The molecule has 154 valence electrons. The van der Waals surface area contributed by atoms with Crippen molar-refractivity contribution in [2.24, 2.45) is 16.5 Å². The maximum Gasteiger partial charge on any atom is 0.166 e. The quantitative estimate of drug-likeness (QED) is 0.368. The van der Waals surface area contributed by atoms with Gasteiger partial charge in [-0.3, -0.25) is 0 Å². The van der Waals surface area contributed by atoms with E-state index in [9.17, 15) is 5.21 Å². The fraction of sp³-hybridized carbons (Fsp3) is 0.609. The first-order valence-electron chi connectivity index (χ1n) is 10.5. The van der Waals surface area contributed by atoms with Crippen LogP contribution < -0.4 is 9.47 Å². The van der Waals surface area contributed by atoms with E-state index >= 15 is 0 Å². The van der Waals surface area contributed by atoms with Crippen LogP contribution in [0.25, 0.3) is 0 Å². The standard InChI is InChI=1S/C23H28N2O4/c1-13(24-26)15-12-21-7-8-23(15,28-4)20-22(21)9-10-25(2)17(21)11-14-5-6-16(27-3)19(29-20)18(14)22/h5-8,15,17,20,26H,9-12H2,1-4H3/b24-13+/t15?,17?,20-,21-,22+,23-/m1/s1. The third kappa shape index (κ3) is 1.65. The Morgan fingerprint density at radius 2 is 2.14 bits per heavy atom. The van der Waals surface area contributed by atoms with E-state index in [2.05, 4.69) is 35.3 Å². The summed E-state index contributed by atoms with van der Waals surface area (Å²) in [6.45, 7) is 2.94. The van der Waals surface area contributed by atoms with E-state index in [1.165, 1.54) is 11.1 Å². The summed E-state index contributed by atoms with van der Waals surface area (Å²) < 4.78 is 18.8. The van der Waals surface area contributed by atoms with Gasteiger partial charge in [-0.2, -0.15) is 0 Å². The highest BCUT2D eigenvalue weighted by Gasteiger charge is 2.79. The SMILES string of the molecule is COc1ccc2c3c1O[C@@H]1[C@]34CCN(C)C(C2)[C@]42C=C[C@@]1(OC)C(/C(C)=N/O)C2. The minimum atomic E-state index is -0.656. The van der Waals surface area contributed by atoms with E-state index in [0.29, 0.717) is 11.8 Å². The average Bonchev–Trinajstić information content (AvgIpc) is 3.12. The molecule has 6 atom stereocenters. The zero-order valence-electron chi connectivity index (χ0n) is 17.4. The van der Waals surface area contributed by atoms with E-state index in [-0.39, 0.29) is 22.9 Å². The number of hydrogen-bond acceptors (Lipinski definition) is 6. The molecule has 2 spiro atoms. The largest absolute Gasteiger partial charge is 0.493 e. The molecule has 0 radical (unpaired) electrons. The number of likely N-dealkylation sites (N-methyl/N-ethyl adjacent to an activating group) is 1. The molecule has 6 heteroatoms. The van der Waals surface area contributed by atoms with Gasteiger partial charge in [-0.15, -0.1) is 0 Å². The van der Waals surface area contributed by atoms with Gasteiger partial charge in [0.25, 0.3) is 0 Å². The van der Waals surface area contributed by atoms with E-state index in [1.807, 2.05) is 13.0 Å². The zero-order valence-corrected chi connectivity index (χ0v) is 17.4. The summed E-state index contributed by atoms with van der Waals surface area (Å²) in [5.74, 6) is 1.66. The lowest BCUT2D eigenvalue weighted by molar-refractivity contribution is -0.201. The van der Waals surface area contributed by atoms with E-state index in [1.54, 1.807) is 14.2 Å². The zero-order chi connectivity index (χ0) is 20.2. The highest BCUT2D eigenvalue weighted by molar-refractivity contribution is 5.87. The van der Waals surface area contributed by atoms with E-state index in [0.717, 1.165) is 37.3 Å². The minimum absolute atomic E-state index is 0.0310. The molecule has 29 heavy (non-hydrogen) atoms. The summed E-state index contributed by atoms with van der Waals surface area (Å²) >= 11 is 0. The molecule has 2 unspecified atom stereocenters. The first-order chi connectivity index (χ1) is 14.0. The number of piperidine rings is 1. The highest BCUT2D eigenvalue weighted by atomic mass is 16.6. The van der Waals surface area contributed by atoms with Gasteiger partial charge in [0.05, 0.1) is 18.2 Å². The molecule has 4 bridgehead atoms. The first-order valence-corrected chi connectivity index (χ1v) is 10.5. The van der Waals surface area contributed by atoms with Crippen molar-refractivity contribution in [1.29, 1.82) is 0 Å².